The number of carbonyl (C=O) groups excluding carboxylic acids is 2. The Bertz CT molecular complexity index is 1570. The molecule has 2 amide bonds. The lowest BCUT2D eigenvalue weighted by Gasteiger charge is -2.35. The molecule has 10 heteroatoms. The number of nitrogens with zero attached hydrogens (tertiary/aromatic N) is 2. The third kappa shape index (κ3) is 8.16. The Hall–Kier alpha value is -4.05. The molecule has 240 valence electrons. The number of amides is 2. The highest BCUT2D eigenvalue weighted by Gasteiger charge is 2.35. The van der Waals surface area contributed by atoms with Crippen molar-refractivity contribution in [3.05, 3.63) is 89.5 Å². The van der Waals surface area contributed by atoms with Crippen molar-refractivity contribution in [2.75, 3.05) is 29.8 Å². The number of hydrogen-bond donors (Lipinski definition) is 1. The molecule has 0 saturated heterocycles. The van der Waals surface area contributed by atoms with Crippen molar-refractivity contribution in [1.29, 1.82) is 0 Å². The molecule has 2 aliphatic rings. The van der Waals surface area contributed by atoms with Gasteiger partial charge in [-0.05, 0) is 55.5 Å². The molecule has 5 rings (SSSR count). The quantitative estimate of drug-likeness (QED) is 0.301. The Balaban J connectivity index is 1.52. The summed E-state index contributed by atoms with van der Waals surface area (Å²) in [6.07, 6.45) is 5.37. The number of fused-ring (bicyclic) bond motifs is 1. The highest BCUT2D eigenvalue weighted by Crippen LogP contribution is 2.35. The highest BCUT2D eigenvalue weighted by molar-refractivity contribution is 7.92. The van der Waals surface area contributed by atoms with Crippen LogP contribution in [-0.2, 0) is 32.6 Å². The summed E-state index contributed by atoms with van der Waals surface area (Å²) in [5, 5.41) is 3.24. The van der Waals surface area contributed by atoms with Crippen LogP contribution in [0.2, 0.25) is 0 Å². The van der Waals surface area contributed by atoms with E-state index in [1.54, 1.807) is 30.0 Å². The van der Waals surface area contributed by atoms with Crippen LogP contribution in [0, 0.1) is 6.92 Å². The van der Waals surface area contributed by atoms with Crippen molar-refractivity contribution >= 4 is 27.5 Å². The Morgan fingerprint density at radius 2 is 1.60 bits per heavy atom. The smallest absolute Gasteiger partial charge is 0.244 e. The molecule has 1 heterocycles. The van der Waals surface area contributed by atoms with Gasteiger partial charge in [0.2, 0.25) is 21.8 Å². The monoisotopic (exact) mass is 633 g/mol. The second-order valence-electron chi connectivity index (χ2n) is 11.7. The SMILES string of the molecule is CCS(=O)(=O)N(CC(=O)N(Cc1ccccc1C)C(Cc1ccccc1)C(=O)NC1CCCCC1)c1ccc2c(c1)OCCO2. The Morgan fingerprint density at radius 3 is 2.31 bits per heavy atom. The maximum atomic E-state index is 14.5. The van der Waals surface area contributed by atoms with E-state index in [9.17, 15) is 18.0 Å². The van der Waals surface area contributed by atoms with Crippen molar-refractivity contribution in [2.24, 2.45) is 0 Å². The van der Waals surface area contributed by atoms with E-state index in [4.69, 9.17) is 9.47 Å². The van der Waals surface area contributed by atoms with Crippen molar-refractivity contribution < 1.29 is 27.5 Å². The first-order valence-corrected chi connectivity index (χ1v) is 17.4. The lowest BCUT2D eigenvalue weighted by Crippen LogP contribution is -2.55. The molecule has 1 aliphatic heterocycles. The van der Waals surface area contributed by atoms with Gasteiger partial charge in [0.15, 0.2) is 11.5 Å². The Morgan fingerprint density at radius 1 is 0.911 bits per heavy atom. The van der Waals surface area contributed by atoms with Crippen LogP contribution < -0.4 is 19.1 Å². The number of anilines is 1. The summed E-state index contributed by atoms with van der Waals surface area (Å²) in [5.74, 6) is 0.0471. The maximum absolute atomic E-state index is 14.5. The summed E-state index contributed by atoms with van der Waals surface area (Å²) in [6, 6.07) is 21.4. The summed E-state index contributed by atoms with van der Waals surface area (Å²) in [5.41, 5.74) is 3.08. The van der Waals surface area contributed by atoms with E-state index in [1.165, 1.54) is 0 Å². The molecule has 1 saturated carbocycles. The minimum atomic E-state index is -3.89. The predicted molar refractivity (Wildman–Crippen MR) is 175 cm³/mol. The summed E-state index contributed by atoms with van der Waals surface area (Å²) >= 11 is 0. The number of aryl methyl sites for hydroxylation is 1. The van der Waals surface area contributed by atoms with Gasteiger partial charge in [-0.2, -0.15) is 0 Å². The van der Waals surface area contributed by atoms with Crippen LogP contribution in [0.4, 0.5) is 5.69 Å². The van der Waals surface area contributed by atoms with Gasteiger partial charge >= 0.3 is 0 Å². The van der Waals surface area contributed by atoms with Crippen LogP contribution >= 0.6 is 0 Å². The van der Waals surface area contributed by atoms with Crippen LogP contribution in [-0.4, -0.2) is 62.7 Å². The van der Waals surface area contributed by atoms with Crippen molar-refractivity contribution in [3.8, 4) is 11.5 Å². The van der Waals surface area contributed by atoms with E-state index in [0.717, 1.165) is 53.1 Å². The zero-order chi connectivity index (χ0) is 31.8. The van der Waals surface area contributed by atoms with Crippen molar-refractivity contribution in [3.63, 3.8) is 0 Å². The summed E-state index contributed by atoms with van der Waals surface area (Å²) < 4.78 is 39.5. The minimum absolute atomic E-state index is 0.0506. The fourth-order valence-electron chi connectivity index (χ4n) is 5.98. The lowest BCUT2D eigenvalue weighted by molar-refractivity contribution is -0.140. The fourth-order valence-corrected chi connectivity index (χ4v) is 7.03. The fraction of sp³-hybridized carbons (Fsp3) is 0.429. The van der Waals surface area contributed by atoms with Gasteiger partial charge in [0, 0.05) is 25.1 Å². The summed E-state index contributed by atoms with van der Waals surface area (Å²) in [7, 11) is -3.89. The second-order valence-corrected chi connectivity index (χ2v) is 13.9. The van der Waals surface area contributed by atoms with E-state index in [1.807, 2.05) is 61.5 Å². The van der Waals surface area contributed by atoms with Crippen molar-refractivity contribution in [1.82, 2.24) is 10.2 Å². The van der Waals surface area contributed by atoms with Gasteiger partial charge in [-0.15, -0.1) is 0 Å². The molecule has 1 N–H and O–H groups in total. The number of carbonyl (C=O) groups is 2. The topological polar surface area (TPSA) is 105 Å². The van der Waals surface area contributed by atoms with E-state index in [0.29, 0.717) is 36.8 Å². The molecule has 1 unspecified atom stereocenters. The van der Waals surface area contributed by atoms with Crippen LogP contribution in [0.15, 0.2) is 72.8 Å². The first-order valence-electron chi connectivity index (χ1n) is 15.8. The molecule has 9 nitrogen and oxygen atoms in total. The number of hydrogen-bond acceptors (Lipinski definition) is 6. The van der Waals surface area contributed by atoms with Crippen LogP contribution in [0.1, 0.15) is 55.7 Å². The molecule has 0 radical (unpaired) electrons. The third-order valence-corrected chi connectivity index (χ3v) is 10.4. The van der Waals surface area contributed by atoms with E-state index >= 15 is 0 Å². The van der Waals surface area contributed by atoms with Gasteiger partial charge in [-0.1, -0.05) is 73.9 Å². The molecule has 1 atom stereocenters. The highest BCUT2D eigenvalue weighted by atomic mass is 32.2. The van der Waals surface area contributed by atoms with E-state index in [-0.39, 0.29) is 24.2 Å². The standard InChI is InChI=1S/C35H43N3O6S/c1-3-45(41,42)38(30-18-19-32-33(23-30)44-21-20-43-32)25-34(39)37(24-28-15-11-10-12-26(28)2)31(22-27-13-6-4-7-14-27)35(40)36-29-16-8-5-9-17-29/h4,6-7,10-15,18-19,23,29,31H,3,5,8-9,16-17,20-22,24-25H2,1-2H3,(H,36,40). The van der Waals surface area contributed by atoms with Gasteiger partial charge in [0.05, 0.1) is 11.4 Å². The number of rotatable bonds is 12. The van der Waals surface area contributed by atoms with E-state index in [2.05, 4.69) is 5.32 Å². The summed E-state index contributed by atoms with van der Waals surface area (Å²) in [4.78, 5) is 30.2. The zero-order valence-electron chi connectivity index (χ0n) is 26.1. The van der Waals surface area contributed by atoms with Gasteiger partial charge < -0.3 is 19.7 Å². The molecule has 0 aromatic heterocycles. The first kappa shape index (κ1) is 32.3. The van der Waals surface area contributed by atoms with Crippen LogP contribution in [0.5, 0.6) is 11.5 Å². The maximum Gasteiger partial charge on any atom is 0.244 e. The first-order chi connectivity index (χ1) is 21.7. The third-order valence-electron chi connectivity index (χ3n) is 8.62. The molecule has 0 bridgehead atoms. The normalized spacial score (nSPS) is 15.6. The molecular weight excluding hydrogens is 590 g/mol. The summed E-state index contributed by atoms with van der Waals surface area (Å²) in [6.45, 7) is 3.95. The minimum Gasteiger partial charge on any atom is -0.486 e. The van der Waals surface area contributed by atoms with Gasteiger partial charge in [-0.25, -0.2) is 8.42 Å². The largest absolute Gasteiger partial charge is 0.486 e. The second kappa shape index (κ2) is 14.8. The van der Waals surface area contributed by atoms with Crippen LogP contribution in [0.25, 0.3) is 0 Å². The van der Waals surface area contributed by atoms with Gasteiger partial charge in [0.25, 0.3) is 0 Å². The number of benzene rings is 3. The molecule has 1 aliphatic carbocycles. The lowest BCUT2D eigenvalue weighted by atomic mass is 9.94. The Labute approximate surface area is 266 Å². The van der Waals surface area contributed by atoms with E-state index < -0.39 is 28.5 Å². The van der Waals surface area contributed by atoms with Crippen molar-refractivity contribution in [2.45, 2.75) is 71.0 Å². The van der Waals surface area contributed by atoms with Crippen LogP contribution in [0.3, 0.4) is 0 Å². The number of ether oxygens (including phenoxy) is 2. The molecule has 3 aromatic carbocycles. The molecule has 1 fully saturated rings. The molecule has 3 aromatic rings. The zero-order valence-corrected chi connectivity index (χ0v) is 26.9. The molecule has 0 spiro atoms. The van der Waals surface area contributed by atoms with Gasteiger partial charge in [-0.3, -0.25) is 13.9 Å². The molecular formula is C35H43N3O6S. The average Bonchev–Trinajstić information content (AvgIpc) is 3.06. The number of nitrogens with one attached hydrogen (secondary N) is 1. The predicted octanol–water partition coefficient (Wildman–Crippen LogP) is 5.01. The Kier molecular flexibility index (Phi) is 10.7. The average molecular weight is 634 g/mol. The van der Waals surface area contributed by atoms with Gasteiger partial charge in [0.1, 0.15) is 25.8 Å². The molecule has 45 heavy (non-hydrogen) atoms. The number of sulfonamides is 1.